The van der Waals surface area contributed by atoms with Crippen molar-refractivity contribution in [1.29, 1.82) is 0 Å². The molecule has 0 saturated carbocycles. The lowest BCUT2D eigenvalue weighted by molar-refractivity contribution is -0.149. The molecule has 0 N–H and O–H groups in total. The summed E-state index contributed by atoms with van der Waals surface area (Å²) in [6.07, 6.45) is 4.78. The summed E-state index contributed by atoms with van der Waals surface area (Å²) in [5.74, 6) is 0.0863. The minimum Gasteiger partial charge on any atom is -0.491 e. The van der Waals surface area contributed by atoms with Gasteiger partial charge >= 0.3 is 11.9 Å². The molecule has 0 aromatic heterocycles. The van der Waals surface area contributed by atoms with Gasteiger partial charge in [0.15, 0.2) is 0 Å². The largest absolute Gasteiger partial charge is 0.491 e. The van der Waals surface area contributed by atoms with Crippen molar-refractivity contribution >= 4 is 23.7 Å². The average Bonchev–Trinajstić information content (AvgIpc) is 3.39. The van der Waals surface area contributed by atoms with Crippen LogP contribution in [0.2, 0.25) is 0 Å². The second kappa shape index (κ2) is 14.2. The molecule has 0 bridgehead atoms. The summed E-state index contributed by atoms with van der Waals surface area (Å²) < 4.78 is 21.9. The highest BCUT2D eigenvalue weighted by molar-refractivity contribution is 5.95. The zero-order valence-corrected chi connectivity index (χ0v) is 24.2. The summed E-state index contributed by atoms with van der Waals surface area (Å²) in [6, 6.07) is 14.2. The number of unbranched alkanes of at least 4 members (excludes halogenated alkanes) is 1. The van der Waals surface area contributed by atoms with Crippen LogP contribution in [0, 0.1) is 5.92 Å². The molecule has 1 unspecified atom stereocenters. The molecule has 1 aliphatic heterocycles. The van der Waals surface area contributed by atoms with Crippen molar-refractivity contribution in [3.63, 3.8) is 0 Å². The molecule has 212 valence electrons. The first-order chi connectivity index (χ1) is 18.6. The fraction of sp³-hybridized carbons (Fsp3) is 0.500. The van der Waals surface area contributed by atoms with Crippen LogP contribution < -0.4 is 9.64 Å². The van der Waals surface area contributed by atoms with Crippen LogP contribution in [0.1, 0.15) is 59.4 Å². The van der Waals surface area contributed by atoms with Gasteiger partial charge in [-0.25, -0.2) is 4.79 Å². The highest BCUT2D eigenvalue weighted by atomic mass is 16.6. The Morgan fingerprint density at radius 2 is 1.74 bits per heavy atom. The van der Waals surface area contributed by atoms with Gasteiger partial charge in [0, 0.05) is 31.0 Å². The molecule has 2 aromatic carbocycles. The lowest BCUT2D eigenvalue weighted by Gasteiger charge is -2.23. The lowest BCUT2D eigenvalue weighted by Crippen LogP contribution is -2.25. The molecule has 0 spiro atoms. The predicted molar refractivity (Wildman–Crippen MR) is 155 cm³/mol. The molecule has 1 atom stereocenters. The molecule has 0 aliphatic carbocycles. The minimum absolute atomic E-state index is 0.164. The maximum absolute atomic E-state index is 12.7. The molecule has 39 heavy (non-hydrogen) atoms. The topological polar surface area (TPSA) is 74.3 Å². The van der Waals surface area contributed by atoms with E-state index in [1.807, 2.05) is 51.1 Å². The number of carbonyl (C=O) groups is 2. The first kappa shape index (κ1) is 30.2. The molecule has 7 heteroatoms. The van der Waals surface area contributed by atoms with Gasteiger partial charge in [0.25, 0.3) is 0 Å². The molecule has 0 radical (unpaired) electrons. The molecule has 1 aliphatic rings. The molecule has 2 aromatic rings. The fourth-order valence-corrected chi connectivity index (χ4v) is 4.44. The van der Waals surface area contributed by atoms with Crippen molar-refractivity contribution in [2.75, 3.05) is 44.9 Å². The Labute approximate surface area is 233 Å². The van der Waals surface area contributed by atoms with Crippen molar-refractivity contribution in [2.24, 2.45) is 5.92 Å². The maximum Gasteiger partial charge on any atom is 0.334 e. The normalized spacial score (nSPS) is 15.8. The van der Waals surface area contributed by atoms with Gasteiger partial charge < -0.3 is 23.8 Å². The lowest BCUT2D eigenvalue weighted by atomic mass is 9.99. The zero-order valence-electron chi connectivity index (χ0n) is 24.2. The summed E-state index contributed by atoms with van der Waals surface area (Å²) >= 11 is 0. The molecule has 7 nitrogen and oxygen atoms in total. The third-order valence-corrected chi connectivity index (χ3v) is 6.51. The Morgan fingerprint density at radius 1 is 1.03 bits per heavy atom. The van der Waals surface area contributed by atoms with Gasteiger partial charge in [0.05, 0.1) is 19.6 Å². The number of benzene rings is 2. The second-order valence-corrected chi connectivity index (χ2v) is 10.9. The van der Waals surface area contributed by atoms with Crippen molar-refractivity contribution in [2.45, 2.75) is 59.5 Å². The van der Waals surface area contributed by atoms with Crippen molar-refractivity contribution in [1.82, 2.24) is 0 Å². The van der Waals surface area contributed by atoms with Crippen LogP contribution in [-0.4, -0.2) is 57.6 Å². The molecule has 1 heterocycles. The molecule has 1 fully saturated rings. The van der Waals surface area contributed by atoms with Crippen molar-refractivity contribution in [3.05, 3.63) is 53.6 Å². The van der Waals surface area contributed by atoms with E-state index >= 15 is 0 Å². The molecular formula is C32H43NO6. The summed E-state index contributed by atoms with van der Waals surface area (Å²) in [5.41, 5.74) is 3.84. The molecule has 1 saturated heterocycles. The van der Waals surface area contributed by atoms with E-state index in [4.69, 9.17) is 18.9 Å². The van der Waals surface area contributed by atoms with E-state index in [-0.39, 0.29) is 17.9 Å². The van der Waals surface area contributed by atoms with Crippen molar-refractivity contribution in [3.8, 4) is 16.9 Å². The number of methoxy groups -OCH3 is 1. The van der Waals surface area contributed by atoms with E-state index in [9.17, 15) is 9.59 Å². The third-order valence-electron chi connectivity index (χ3n) is 6.51. The summed E-state index contributed by atoms with van der Waals surface area (Å²) in [7, 11) is 1.43. The number of hydrogen-bond acceptors (Lipinski definition) is 7. The van der Waals surface area contributed by atoms with Gasteiger partial charge in [0.2, 0.25) is 0 Å². The van der Waals surface area contributed by atoms with Crippen LogP contribution in [0.15, 0.2) is 48.0 Å². The first-order valence-corrected chi connectivity index (χ1v) is 13.8. The van der Waals surface area contributed by atoms with E-state index < -0.39 is 5.60 Å². The van der Waals surface area contributed by atoms with E-state index in [1.165, 1.54) is 7.11 Å². The Balaban J connectivity index is 1.82. The van der Waals surface area contributed by atoms with E-state index in [1.54, 1.807) is 6.92 Å². The Hall–Kier alpha value is -3.32. The van der Waals surface area contributed by atoms with Crippen LogP contribution in [0.25, 0.3) is 17.2 Å². The SMILES string of the molecule is CCCCOCCOc1ccc(-c2ccc(N3CCC(C(=O)OC)C3)c(C=C(C)C(=O)OC(C)(C)C)c2)cc1. The number of nitrogens with zero attached hydrogens (tertiary/aromatic N) is 1. The monoisotopic (exact) mass is 537 g/mol. The van der Waals surface area contributed by atoms with Gasteiger partial charge in [0.1, 0.15) is 18.0 Å². The van der Waals surface area contributed by atoms with E-state index in [2.05, 4.69) is 30.0 Å². The van der Waals surface area contributed by atoms with Gasteiger partial charge in [-0.2, -0.15) is 0 Å². The highest BCUT2D eigenvalue weighted by Gasteiger charge is 2.30. The Bertz CT molecular complexity index is 1130. The summed E-state index contributed by atoms with van der Waals surface area (Å²) in [5, 5.41) is 0. The predicted octanol–water partition coefficient (Wildman–Crippen LogP) is 6.29. The van der Waals surface area contributed by atoms with Gasteiger partial charge in [-0.15, -0.1) is 0 Å². The number of esters is 2. The van der Waals surface area contributed by atoms with E-state index in [0.29, 0.717) is 25.3 Å². The number of rotatable bonds is 12. The van der Waals surface area contributed by atoms with Gasteiger partial charge in [-0.05, 0) is 87.6 Å². The van der Waals surface area contributed by atoms with Crippen LogP contribution in [0.4, 0.5) is 5.69 Å². The number of anilines is 1. The van der Waals surface area contributed by atoms with Crippen LogP contribution in [0.5, 0.6) is 5.75 Å². The minimum atomic E-state index is -0.578. The van der Waals surface area contributed by atoms with Crippen molar-refractivity contribution < 1.29 is 28.5 Å². The molecule has 0 amide bonds. The quantitative estimate of drug-likeness (QED) is 0.179. The molecule has 3 rings (SSSR count). The summed E-state index contributed by atoms with van der Waals surface area (Å²) in [4.78, 5) is 27.0. The van der Waals surface area contributed by atoms with Gasteiger partial charge in [-0.1, -0.05) is 31.5 Å². The van der Waals surface area contributed by atoms with Crippen LogP contribution >= 0.6 is 0 Å². The third kappa shape index (κ3) is 9.13. The van der Waals surface area contributed by atoms with Gasteiger partial charge in [-0.3, -0.25) is 4.79 Å². The van der Waals surface area contributed by atoms with Crippen LogP contribution in [-0.2, 0) is 23.8 Å². The van der Waals surface area contributed by atoms with E-state index in [0.717, 1.165) is 60.5 Å². The maximum atomic E-state index is 12.7. The summed E-state index contributed by atoms with van der Waals surface area (Å²) in [6.45, 7) is 12.6. The average molecular weight is 538 g/mol. The fourth-order valence-electron chi connectivity index (χ4n) is 4.44. The Kier molecular flexibility index (Phi) is 11.0. The smallest absolute Gasteiger partial charge is 0.334 e. The second-order valence-electron chi connectivity index (χ2n) is 10.9. The molecular weight excluding hydrogens is 494 g/mol. The zero-order chi connectivity index (χ0) is 28.4. The highest BCUT2D eigenvalue weighted by Crippen LogP contribution is 2.33. The standard InChI is InChI=1S/C32H43NO6/c1-7-8-17-37-18-19-38-28-12-9-24(10-13-28)25-11-14-29(33-16-15-26(22-33)31(35)36-6)27(21-25)20-23(2)30(34)39-32(3,4)5/h9-14,20-21,26H,7-8,15-19,22H2,1-6H3. The first-order valence-electron chi connectivity index (χ1n) is 13.8. The number of ether oxygens (including phenoxy) is 4. The Morgan fingerprint density at radius 3 is 2.41 bits per heavy atom. The number of hydrogen-bond donors (Lipinski definition) is 0. The number of carbonyl (C=O) groups excluding carboxylic acids is 2. The van der Waals surface area contributed by atoms with Crippen LogP contribution in [0.3, 0.4) is 0 Å².